The molecule has 17 heavy (non-hydrogen) atoms. The molecule has 1 N–H and O–H groups in total. The smallest absolute Gasteiger partial charge is 0.123 e. The van der Waals surface area contributed by atoms with Crippen molar-refractivity contribution < 1.29 is 4.39 Å². The number of benzene rings is 1. The van der Waals surface area contributed by atoms with Crippen molar-refractivity contribution in [1.82, 2.24) is 10.2 Å². The normalized spacial score (nSPS) is 23.8. The molecule has 2 rings (SSSR count). The van der Waals surface area contributed by atoms with E-state index in [-0.39, 0.29) is 5.82 Å². The van der Waals surface area contributed by atoms with Crippen molar-refractivity contribution in [3.05, 3.63) is 35.6 Å². The van der Waals surface area contributed by atoms with Gasteiger partial charge in [0.1, 0.15) is 5.82 Å². The van der Waals surface area contributed by atoms with Gasteiger partial charge in [-0.2, -0.15) is 0 Å². The predicted molar refractivity (Wildman–Crippen MR) is 68.3 cm³/mol. The Morgan fingerprint density at radius 3 is 2.53 bits per heavy atom. The number of hydrogen-bond acceptors (Lipinski definition) is 2. The standard InChI is InChI=1S/C14H21FN2/c1-16-9-12-5-8-14(12)17(2)10-11-3-6-13(15)7-4-11/h3-4,6-7,12,14,16H,5,8-10H2,1-2H3. The molecule has 3 heteroatoms. The van der Waals surface area contributed by atoms with Gasteiger partial charge in [0.25, 0.3) is 0 Å². The molecule has 1 aliphatic rings. The van der Waals surface area contributed by atoms with Crippen molar-refractivity contribution >= 4 is 0 Å². The van der Waals surface area contributed by atoms with Gasteiger partial charge >= 0.3 is 0 Å². The Kier molecular flexibility index (Phi) is 4.13. The second-order valence-electron chi connectivity index (χ2n) is 5.00. The molecule has 0 spiro atoms. The first-order valence-electron chi connectivity index (χ1n) is 6.30. The molecule has 2 nitrogen and oxygen atoms in total. The molecule has 1 saturated carbocycles. The molecule has 0 bridgehead atoms. The topological polar surface area (TPSA) is 15.3 Å². The maximum atomic E-state index is 12.8. The Morgan fingerprint density at radius 1 is 1.29 bits per heavy atom. The highest BCUT2D eigenvalue weighted by molar-refractivity contribution is 5.16. The summed E-state index contributed by atoms with van der Waals surface area (Å²) in [6.45, 7) is 2.00. The van der Waals surface area contributed by atoms with Gasteiger partial charge in [0.05, 0.1) is 0 Å². The van der Waals surface area contributed by atoms with Gasteiger partial charge in [0, 0.05) is 12.6 Å². The lowest BCUT2D eigenvalue weighted by molar-refractivity contribution is 0.0793. The molecule has 0 heterocycles. The molecule has 2 atom stereocenters. The van der Waals surface area contributed by atoms with Crippen LogP contribution in [-0.2, 0) is 6.54 Å². The Balaban J connectivity index is 1.88. The molecule has 0 amide bonds. The zero-order valence-electron chi connectivity index (χ0n) is 10.6. The van der Waals surface area contributed by atoms with Crippen molar-refractivity contribution in [2.45, 2.75) is 25.4 Å². The van der Waals surface area contributed by atoms with Crippen LogP contribution < -0.4 is 5.32 Å². The summed E-state index contributed by atoms with van der Waals surface area (Å²) in [5, 5.41) is 3.25. The Morgan fingerprint density at radius 2 is 2.00 bits per heavy atom. The monoisotopic (exact) mass is 236 g/mol. The van der Waals surface area contributed by atoms with Crippen LogP contribution >= 0.6 is 0 Å². The zero-order chi connectivity index (χ0) is 12.3. The molecule has 0 aromatic heterocycles. The summed E-state index contributed by atoms with van der Waals surface area (Å²) < 4.78 is 12.8. The lowest BCUT2D eigenvalue weighted by Gasteiger charge is -2.43. The van der Waals surface area contributed by atoms with Crippen LogP contribution in [0.2, 0.25) is 0 Å². The minimum atomic E-state index is -0.159. The molecule has 0 aliphatic heterocycles. The van der Waals surface area contributed by atoms with Gasteiger partial charge in [-0.1, -0.05) is 12.1 Å². The van der Waals surface area contributed by atoms with Gasteiger partial charge in [-0.3, -0.25) is 4.90 Å². The summed E-state index contributed by atoms with van der Waals surface area (Å²) in [6.07, 6.45) is 2.60. The summed E-state index contributed by atoms with van der Waals surface area (Å²) >= 11 is 0. The summed E-state index contributed by atoms with van der Waals surface area (Å²) in [5.74, 6) is 0.610. The Hall–Kier alpha value is -0.930. The van der Waals surface area contributed by atoms with E-state index in [0.717, 1.165) is 19.0 Å². The molecule has 1 aromatic rings. The van der Waals surface area contributed by atoms with Crippen LogP contribution in [0.5, 0.6) is 0 Å². The van der Waals surface area contributed by atoms with Crippen molar-refractivity contribution in [2.24, 2.45) is 5.92 Å². The summed E-state index contributed by atoms with van der Waals surface area (Å²) in [6, 6.07) is 7.49. The van der Waals surface area contributed by atoms with E-state index in [1.165, 1.54) is 30.5 Å². The van der Waals surface area contributed by atoms with E-state index in [9.17, 15) is 4.39 Å². The Bertz CT molecular complexity index is 350. The highest BCUT2D eigenvalue weighted by atomic mass is 19.1. The van der Waals surface area contributed by atoms with E-state index in [0.29, 0.717) is 6.04 Å². The summed E-state index contributed by atoms with van der Waals surface area (Å²) in [7, 11) is 4.17. The fraction of sp³-hybridized carbons (Fsp3) is 0.571. The van der Waals surface area contributed by atoms with Crippen LogP contribution in [0.4, 0.5) is 4.39 Å². The SMILES string of the molecule is CNCC1CCC1N(C)Cc1ccc(F)cc1. The van der Waals surface area contributed by atoms with Crippen LogP contribution in [0, 0.1) is 11.7 Å². The molecule has 0 radical (unpaired) electrons. The average Bonchev–Trinajstić information content (AvgIpc) is 2.27. The predicted octanol–water partition coefficient (Wildman–Crippen LogP) is 2.26. The van der Waals surface area contributed by atoms with E-state index in [2.05, 4.69) is 17.3 Å². The molecule has 1 aromatic carbocycles. The van der Waals surface area contributed by atoms with Crippen LogP contribution in [0.25, 0.3) is 0 Å². The van der Waals surface area contributed by atoms with Crippen molar-refractivity contribution in [1.29, 1.82) is 0 Å². The molecular weight excluding hydrogens is 215 g/mol. The van der Waals surface area contributed by atoms with Crippen molar-refractivity contribution in [3.8, 4) is 0 Å². The van der Waals surface area contributed by atoms with E-state index in [1.807, 2.05) is 19.2 Å². The third-order valence-corrected chi connectivity index (χ3v) is 3.76. The maximum Gasteiger partial charge on any atom is 0.123 e. The lowest BCUT2D eigenvalue weighted by Crippen LogP contribution is -2.48. The van der Waals surface area contributed by atoms with Gasteiger partial charge < -0.3 is 5.32 Å². The number of rotatable bonds is 5. The van der Waals surface area contributed by atoms with Crippen LogP contribution in [-0.4, -0.2) is 31.6 Å². The number of nitrogens with zero attached hydrogens (tertiary/aromatic N) is 1. The molecule has 2 unspecified atom stereocenters. The first-order chi connectivity index (χ1) is 8.20. The van der Waals surface area contributed by atoms with Crippen LogP contribution in [0.1, 0.15) is 18.4 Å². The van der Waals surface area contributed by atoms with Crippen molar-refractivity contribution in [3.63, 3.8) is 0 Å². The van der Waals surface area contributed by atoms with Gasteiger partial charge in [-0.15, -0.1) is 0 Å². The Labute approximate surface area is 103 Å². The number of nitrogens with one attached hydrogen (secondary N) is 1. The first-order valence-corrected chi connectivity index (χ1v) is 6.30. The minimum absolute atomic E-state index is 0.159. The zero-order valence-corrected chi connectivity index (χ0v) is 10.6. The summed E-state index contributed by atoms with van der Waals surface area (Å²) in [4.78, 5) is 2.39. The van der Waals surface area contributed by atoms with E-state index >= 15 is 0 Å². The van der Waals surface area contributed by atoms with Gasteiger partial charge in [0.15, 0.2) is 0 Å². The lowest BCUT2D eigenvalue weighted by atomic mass is 9.78. The highest BCUT2D eigenvalue weighted by Crippen LogP contribution is 2.31. The van der Waals surface area contributed by atoms with Crippen LogP contribution in [0.15, 0.2) is 24.3 Å². The number of hydrogen-bond donors (Lipinski definition) is 1. The largest absolute Gasteiger partial charge is 0.319 e. The van der Waals surface area contributed by atoms with Gasteiger partial charge in [-0.05, 0) is 57.1 Å². The summed E-state index contributed by atoms with van der Waals surface area (Å²) in [5.41, 5.74) is 1.18. The second-order valence-corrected chi connectivity index (χ2v) is 5.00. The van der Waals surface area contributed by atoms with Gasteiger partial charge in [0.2, 0.25) is 0 Å². The first kappa shape index (κ1) is 12.5. The fourth-order valence-corrected chi connectivity index (χ4v) is 2.63. The second kappa shape index (κ2) is 5.61. The van der Waals surface area contributed by atoms with E-state index in [1.54, 1.807) is 0 Å². The fourth-order valence-electron chi connectivity index (χ4n) is 2.63. The molecular formula is C14H21FN2. The minimum Gasteiger partial charge on any atom is -0.319 e. The van der Waals surface area contributed by atoms with Crippen molar-refractivity contribution in [2.75, 3.05) is 20.6 Å². The quantitative estimate of drug-likeness (QED) is 0.843. The van der Waals surface area contributed by atoms with Gasteiger partial charge in [-0.25, -0.2) is 4.39 Å². The molecule has 0 saturated heterocycles. The average molecular weight is 236 g/mol. The van der Waals surface area contributed by atoms with E-state index < -0.39 is 0 Å². The molecule has 1 fully saturated rings. The highest BCUT2D eigenvalue weighted by Gasteiger charge is 2.32. The van der Waals surface area contributed by atoms with Crippen LogP contribution in [0.3, 0.4) is 0 Å². The van der Waals surface area contributed by atoms with E-state index in [4.69, 9.17) is 0 Å². The molecule has 94 valence electrons. The third kappa shape index (κ3) is 3.05. The third-order valence-electron chi connectivity index (χ3n) is 3.76. The number of halogens is 1. The molecule has 1 aliphatic carbocycles. The maximum absolute atomic E-state index is 12.8.